The molecule has 1 aromatic carbocycles. The van der Waals surface area contributed by atoms with Gasteiger partial charge in [0.2, 0.25) is 5.76 Å². The van der Waals surface area contributed by atoms with Crippen molar-refractivity contribution < 1.29 is 18.8 Å². The maximum absolute atomic E-state index is 13.4. The second kappa shape index (κ2) is 8.74. The molecule has 1 heterocycles. The van der Waals surface area contributed by atoms with Gasteiger partial charge in [-0.25, -0.2) is 0 Å². The largest absolute Gasteiger partial charge is 0.474 e. The Morgan fingerprint density at radius 2 is 2.00 bits per heavy atom. The molecule has 1 aromatic heterocycles. The molecular weight excluding hydrogens is 448 g/mol. The van der Waals surface area contributed by atoms with Gasteiger partial charge in [0.1, 0.15) is 17.8 Å². The van der Waals surface area contributed by atoms with Gasteiger partial charge in [-0.05, 0) is 66.6 Å². The van der Waals surface area contributed by atoms with Gasteiger partial charge in [-0.2, -0.15) is 0 Å². The molecule has 34 heavy (non-hydrogen) atoms. The van der Waals surface area contributed by atoms with Crippen LogP contribution >= 0.6 is 11.8 Å². The maximum atomic E-state index is 13.4. The van der Waals surface area contributed by atoms with Gasteiger partial charge in [0.25, 0.3) is 11.8 Å². The Kier molecular flexibility index (Phi) is 5.71. The molecule has 2 bridgehead atoms. The number of hydrogen-bond acceptors (Lipinski definition) is 6. The molecule has 4 unspecified atom stereocenters. The number of fused-ring (bicyclic) bond motifs is 1. The van der Waals surface area contributed by atoms with E-state index in [9.17, 15) is 9.59 Å². The Hall–Kier alpha value is -2.28. The SMILES string of the molecule is O=CC1(COc2noc(C(=O)NC3C4CC5CCCC43C5)c2Sc2ccccc2)CCCCC1. The first kappa shape index (κ1) is 22.2. The van der Waals surface area contributed by atoms with Crippen LogP contribution in [0.25, 0.3) is 0 Å². The normalized spacial score (nSPS) is 30.9. The van der Waals surface area contributed by atoms with Crippen LogP contribution in [0.15, 0.2) is 44.6 Å². The van der Waals surface area contributed by atoms with Crippen LogP contribution in [-0.2, 0) is 4.79 Å². The minimum absolute atomic E-state index is 0.209. The first-order chi connectivity index (χ1) is 16.6. The monoisotopic (exact) mass is 480 g/mol. The van der Waals surface area contributed by atoms with Crippen LogP contribution in [0.4, 0.5) is 0 Å². The Bertz CT molecular complexity index is 1060. The summed E-state index contributed by atoms with van der Waals surface area (Å²) >= 11 is 1.42. The number of ether oxygens (including phenoxy) is 1. The van der Waals surface area contributed by atoms with Crippen molar-refractivity contribution in [2.24, 2.45) is 22.7 Å². The van der Waals surface area contributed by atoms with E-state index >= 15 is 0 Å². The summed E-state index contributed by atoms with van der Waals surface area (Å²) in [5.41, 5.74) is -0.154. The quantitative estimate of drug-likeness (QED) is 0.491. The topological polar surface area (TPSA) is 81.4 Å². The van der Waals surface area contributed by atoms with Crippen molar-refractivity contribution in [3.63, 3.8) is 0 Å². The van der Waals surface area contributed by atoms with Crippen LogP contribution in [0.2, 0.25) is 0 Å². The van der Waals surface area contributed by atoms with Crippen molar-refractivity contribution in [3.05, 3.63) is 36.1 Å². The van der Waals surface area contributed by atoms with Crippen molar-refractivity contribution in [3.8, 4) is 5.88 Å². The summed E-state index contributed by atoms with van der Waals surface area (Å²) in [6.45, 7) is 0.266. The van der Waals surface area contributed by atoms with E-state index in [-0.39, 0.29) is 24.3 Å². The van der Waals surface area contributed by atoms with E-state index in [0.29, 0.717) is 22.1 Å². The molecule has 0 radical (unpaired) electrons. The lowest BCUT2D eigenvalue weighted by atomic mass is 9.76. The minimum Gasteiger partial charge on any atom is -0.474 e. The molecule has 1 spiro atoms. The average molecular weight is 481 g/mol. The Labute approximate surface area is 204 Å². The molecule has 6 rings (SSSR count). The second-order valence-corrected chi connectivity index (χ2v) is 12.0. The minimum atomic E-state index is -0.476. The summed E-state index contributed by atoms with van der Waals surface area (Å²) in [6, 6.07) is 10.1. The second-order valence-electron chi connectivity index (χ2n) is 10.9. The summed E-state index contributed by atoms with van der Waals surface area (Å²) in [6.07, 6.45) is 12.3. The molecule has 4 saturated carbocycles. The van der Waals surface area contributed by atoms with Crippen LogP contribution in [0, 0.1) is 22.7 Å². The van der Waals surface area contributed by atoms with Crippen LogP contribution in [0.3, 0.4) is 0 Å². The standard InChI is InChI=1S/C27H32N2O4S/c30-16-26(11-5-2-6-12-26)17-32-25-22(34-19-9-3-1-4-10-19)21(33-29-25)24(31)28-23-20-14-18-8-7-13-27(20,23)15-18/h1,3-4,9-10,16,18,20,23H,2,5-8,11-15,17H2,(H,28,31). The fourth-order valence-electron chi connectivity index (χ4n) is 7.00. The van der Waals surface area contributed by atoms with Gasteiger partial charge < -0.3 is 19.4 Å². The van der Waals surface area contributed by atoms with Gasteiger partial charge in [-0.3, -0.25) is 4.79 Å². The number of hydrogen-bond donors (Lipinski definition) is 1. The zero-order valence-corrected chi connectivity index (χ0v) is 20.3. The van der Waals surface area contributed by atoms with Crippen LogP contribution in [0.5, 0.6) is 5.88 Å². The predicted molar refractivity (Wildman–Crippen MR) is 128 cm³/mol. The number of carbonyl (C=O) groups is 2. The molecule has 4 aliphatic rings. The van der Waals surface area contributed by atoms with Gasteiger partial charge in [0.05, 0.1) is 5.41 Å². The molecule has 0 saturated heterocycles. The molecule has 2 aromatic rings. The number of amides is 1. The maximum Gasteiger partial charge on any atom is 0.291 e. The van der Waals surface area contributed by atoms with Crippen LogP contribution < -0.4 is 10.1 Å². The van der Waals surface area contributed by atoms with E-state index in [0.717, 1.165) is 49.2 Å². The smallest absolute Gasteiger partial charge is 0.291 e. The number of nitrogens with zero attached hydrogens (tertiary/aromatic N) is 1. The lowest BCUT2D eigenvalue weighted by Gasteiger charge is -2.31. The highest BCUT2D eigenvalue weighted by Gasteiger charge is 2.70. The van der Waals surface area contributed by atoms with Crippen molar-refractivity contribution in [1.82, 2.24) is 10.5 Å². The molecular formula is C27H32N2O4S. The zero-order valence-electron chi connectivity index (χ0n) is 19.5. The predicted octanol–water partition coefficient (Wildman–Crippen LogP) is 5.66. The first-order valence-electron chi connectivity index (χ1n) is 12.8. The number of rotatable bonds is 8. The number of carbonyl (C=O) groups excluding carboxylic acids is 2. The average Bonchev–Trinajstić information content (AvgIpc) is 3.14. The Balaban J connectivity index is 1.22. The van der Waals surface area contributed by atoms with E-state index in [4.69, 9.17) is 9.26 Å². The van der Waals surface area contributed by atoms with E-state index in [1.165, 1.54) is 43.9 Å². The summed E-state index contributed by atoms with van der Waals surface area (Å²) < 4.78 is 11.7. The van der Waals surface area contributed by atoms with Gasteiger partial charge in [0, 0.05) is 10.9 Å². The first-order valence-corrected chi connectivity index (χ1v) is 13.6. The highest BCUT2D eigenvalue weighted by atomic mass is 32.2. The third-order valence-electron chi connectivity index (χ3n) is 8.83. The molecule has 4 aliphatic carbocycles. The van der Waals surface area contributed by atoms with Crippen LogP contribution in [0.1, 0.15) is 74.8 Å². The third-order valence-corrected chi connectivity index (χ3v) is 9.91. The Morgan fingerprint density at radius 1 is 1.18 bits per heavy atom. The fraction of sp³-hybridized carbons (Fsp3) is 0.593. The lowest BCUT2D eigenvalue weighted by molar-refractivity contribution is -0.119. The van der Waals surface area contributed by atoms with Crippen molar-refractivity contribution in [2.45, 2.75) is 80.0 Å². The van der Waals surface area contributed by atoms with Gasteiger partial charge >= 0.3 is 0 Å². The molecule has 1 N–H and O–H groups in total. The molecule has 4 atom stereocenters. The summed E-state index contributed by atoms with van der Waals surface area (Å²) in [7, 11) is 0. The molecule has 1 amide bonds. The number of aldehydes is 1. The van der Waals surface area contributed by atoms with Crippen molar-refractivity contribution in [2.75, 3.05) is 6.61 Å². The summed E-state index contributed by atoms with van der Waals surface area (Å²) in [4.78, 5) is 26.8. The molecule has 7 heteroatoms. The molecule has 0 aliphatic heterocycles. The fourth-order valence-corrected chi connectivity index (χ4v) is 7.94. The summed E-state index contributed by atoms with van der Waals surface area (Å²) in [5, 5.41) is 7.43. The van der Waals surface area contributed by atoms with E-state index in [1.807, 2.05) is 30.3 Å². The molecule has 6 nitrogen and oxygen atoms in total. The number of aromatic nitrogens is 1. The van der Waals surface area contributed by atoms with E-state index < -0.39 is 5.41 Å². The number of nitrogens with one attached hydrogen (secondary N) is 1. The van der Waals surface area contributed by atoms with E-state index in [2.05, 4.69) is 10.5 Å². The highest BCUT2D eigenvalue weighted by molar-refractivity contribution is 7.99. The Morgan fingerprint density at radius 3 is 2.79 bits per heavy atom. The van der Waals surface area contributed by atoms with Crippen molar-refractivity contribution in [1.29, 1.82) is 0 Å². The van der Waals surface area contributed by atoms with Gasteiger partial charge in [0.15, 0.2) is 0 Å². The van der Waals surface area contributed by atoms with Gasteiger partial charge in [-0.15, -0.1) is 0 Å². The van der Waals surface area contributed by atoms with Gasteiger partial charge in [-0.1, -0.05) is 62.1 Å². The zero-order chi connectivity index (χ0) is 23.2. The lowest BCUT2D eigenvalue weighted by Crippen LogP contribution is -2.33. The van der Waals surface area contributed by atoms with E-state index in [1.54, 1.807) is 0 Å². The van der Waals surface area contributed by atoms with Crippen molar-refractivity contribution >= 4 is 24.0 Å². The third kappa shape index (κ3) is 3.86. The number of benzene rings is 1. The molecule has 4 fully saturated rings. The van der Waals surface area contributed by atoms with Crippen LogP contribution in [-0.4, -0.2) is 30.0 Å². The summed E-state index contributed by atoms with van der Waals surface area (Å²) in [5.74, 6) is 1.77. The molecule has 180 valence electrons. The highest BCUT2D eigenvalue weighted by Crippen LogP contribution is 2.70.